The quantitative estimate of drug-likeness (QED) is 0.207. The normalized spacial score (nSPS) is 15.3. The Morgan fingerprint density at radius 3 is 2.48 bits per heavy atom. The molecule has 10 heteroatoms. The van der Waals surface area contributed by atoms with Gasteiger partial charge >= 0.3 is 5.97 Å². The second-order valence-corrected chi connectivity index (χ2v) is 11.1. The van der Waals surface area contributed by atoms with Crippen LogP contribution in [0.15, 0.2) is 41.3 Å². The van der Waals surface area contributed by atoms with Crippen LogP contribution in [0.25, 0.3) is 6.08 Å². The minimum absolute atomic E-state index is 0.240. The van der Waals surface area contributed by atoms with Crippen molar-refractivity contribution in [2.24, 2.45) is 0 Å². The van der Waals surface area contributed by atoms with Crippen molar-refractivity contribution < 1.29 is 23.9 Å². The molecule has 2 aromatic rings. The summed E-state index contributed by atoms with van der Waals surface area (Å²) in [5.74, 6) is -0.494. The van der Waals surface area contributed by atoms with Crippen LogP contribution >= 0.6 is 57.6 Å². The van der Waals surface area contributed by atoms with E-state index in [0.29, 0.717) is 22.4 Å². The Labute approximate surface area is 219 Å². The molecule has 0 unspecified atom stereocenters. The molecule has 0 saturated carbocycles. The Kier molecular flexibility index (Phi) is 8.36. The van der Waals surface area contributed by atoms with E-state index in [9.17, 15) is 14.4 Å². The van der Waals surface area contributed by atoms with Crippen LogP contribution in [0.1, 0.15) is 31.9 Å². The summed E-state index contributed by atoms with van der Waals surface area (Å²) in [6, 6.07) is 10.7. The number of imide groups is 1. The van der Waals surface area contributed by atoms with E-state index in [1.165, 1.54) is 0 Å². The Hall–Kier alpha value is -1.75. The second-order valence-electron chi connectivity index (χ2n) is 8.08. The van der Waals surface area contributed by atoms with E-state index in [1.807, 2.05) is 12.1 Å². The van der Waals surface area contributed by atoms with Crippen molar-refractivity contribution in [3.63, 3.8) is 0 Å². The van der Waals surface area contributed by atoms with Gasteiger partial charge in [-0.15, -0.1) is 0 Å². The summed E-state index contributed by atoms with van der Waals surface area (Å²) in [5.41, 5.74) is 0.904. The number of hydrogen-bond donors (Lipinski definition) is 0. The van der Waals surface area contributed by atoms with Crippen molar-refractivity contribution in [3.05, 3.63) is 66.0 Å². The molecule has 0 radical (unpaired) electrons. The Balaban J connectivity index is 1.67. The van der Waals surface area contributed by atoms with Crippen LogP contribution in [0, 0.1) is 3.57 Å². The second kappa shape index (κ2) is 10.7. The van der Waals surface area contributed by atoms with Gasteiger partial charge in [0.2, 0.25) is 0 Å². The van der Waals surface area contributed by atoms with Crippen LogP contribution in [0.4, 0.5) is 4.79 Å². The highest BCUT2D eigenvalue weighted by atomic mass is 127. The lowest BCUT2D eigenvalue weighted by Crippen LogP contribution is -2.37. The molecule has 1 saturated heterocycles. The van der Waals surface area contributed by atoms with Gasteiger partial charge in [-0.05, 0) is 96.6 Å². The Morgan fingerprint density at radius 2 is 1.85 bits per heavy atom. The van der Waals surface area contributed by atoms with E-state index in [-0.39, 0.29) is 4.91 Å². The number of nitrogens with zero attached hydrogens (tertiary/aromatic N) is 1. The maximum atomic E-state index is 12.6. The first-order valence-electron chi connectivity index (χ1n) is 9.76. The van der Waals surface area contributed by atoms with Gasteiger partial charge in [-0.3, -0.25) is 19.3 Å². The number of thioether (sulfide) groups is 1. The number of benzene rings is 2. The van der Waals surface area contributed by atoms with Crippen molar-refractivity contribution >= 4 is 80.7 Å². The van der Waals surface area contributed by atoms with Crippen LogP contribution in [-0.4, -0.2) is 34.2 Å². The zero-order valence-corrected chi connectivity index (χ0v) is 22.5. The first kappa shape index (κ1) is 25.9. The molecule has 0 N–H and O–H groups in total. The largest absolute Gasteiger partial charge is 0.488 e. The van der Waals surface area contributed by atoms with Crippen molar-refractivity contribution in [3.8, 4) is 5.75 Å². The van der Waals surface area contributed by atoms with Gasteiger partial charge in [-0.1, -0.05) is 35.3 Å². The highest BCUT2D eigenvalue weighted by Crippen LogP contribution is 2.33. The van der Waals surface area contributed by atoms with Gasteiger partial charge in [-0.25, -0.2) is 0 Å². The molecule has 1 aliphatic rings. The lowest BCUT2D eigenvalue weighted by molar-refractivity contribution is -0.156. The topological polar surface area (TPSA) is 72.9 Å². The van der Waals surface area contributed by atoms with Gasteiger partial charge in [-0.2, -0.15) is 0 Å². The first-order valence-corrected chi connectivity index (χ1v) is 12.4. The minimum atomic E-state index is -0.699. The third kappa shape index (κ3) is 7.11. The molecular formula is C23H20Cl2INO5S. The summed E-state index contributed by atoms with van der Waals surface area (Å²) in [4.78, 5) is 38.1. The molecule has 0 aliphatic carbocycles. The summed E-state index contributed by atoms with van der Waals surface area (Å²) in [5, 5.41) is 0.437. The van der Waals surface area contributed by atoms with Crippen molar-refractivity contribution in [2.75, 3.05) is 6.54 Å². The number of carbonyl (C=O) groups is 3. The van der Waals surface area contributed by atoms with E-state index in [0.717, 1.165) is 31.4 Å². The van der Waals surface area contributed by atoms with Gasteiger partial charge < -0.3 is 9.47 Å². The summed E-state index contributed by atoms with van der Waals surface area (Å²) >= 11 is 14.9. The summed E-state index contributed by atoms with van der Waals surface area (Å²) in [6.45, 7) is 5.06. The molecule has 33 heavy (non-hydrogen) atoms. The molecule has 2 amide bonds. The molecule has 1 fully saturated rings. The molecule has 0 atom stereocenters. The number of esters is 1. The molecule has 1 aliphatic heterocycles. The summed E-state index contributed by atoms with van der Waals surface area (Å²) in [7, 11) is 0. The van der Waals surface area contributed by atoms with Crippen LogP contribution in [0.3, 0.4) is 0 Å². The lowest BCUT2D eigenvalue weighted by Gasteiger charge is -2.21. The highest BCUT2D eigenvalue weighted by Gasteiger charge is 2.37. The summed E-state index contributed by atoms with van der Waals surface area (Å²) in [6.07, 6.45) is 1.62. The van der Waals surface area contributed by atoms with Crippen LogP contribution in [-0.2, 0) is 20.9 Å². The predicted molar refractivity (Wildman–Crippen MR) is 138 cm³/mol. The summed E-state index contributed by atoms with van der Waals surface area (Å²) < 4.78 is 11.9. The highest BCUT2D eigenvalue weighted by molar-refractivity contribution is 14.1. The molecule has 1 heterocycles. The molecule has 0 spiro atoms. The fourth-order valence-electron chi connectivity index (χ4n) is 2.80. The third-order valence-electron chi connectivity index (χ3n) is 4.21. The number of ether oxygens (including phenoxy) is 2. The number of carbonyl (C=O) groups excluding carboxylic acids is 3. The standard InChI is InChI=1S/C23H20Cl2INO5S/c1-23(2,3)32-20(28)11-27-21(29)19(33-22(27)30)10-13-5-7-18(17(26)9-13)31-12-14-4-6-15(24)16(25)8-14/h4-10H,11-12H2,1-3H3. The van der Waals surface area contributed by atoms with Gasteiger partial charge in [0.15, 0.2) is 0 Å². The third-order valence-corrected chi connectivity index (χ3v) is 6.70. The Morgan fingerprint density at radius 1 is 1.12 bits per heavy atom. The molecule has 2 aromatic carbocycles. The number of amides is 2. The lowest BCUT2D eigenvalue weighted by atomic mass is 10.2. The van der Waals surface area contributed by atoms with Crippen molar-refractivity contribution in [2.45, 2.75) is 33.0 Å². The van der Waals surface area contributed by atoms with E-state index >= 15 is 0 Å². The van der Waals surface area contributed by atoms with Crippen LogP contribution < -0.4 is 4.74 Å². The first-order chi connectivity index (χ1) is 15.4. The molecular weight excluding hydrogens is 600 g/mol. The molecule has 174 valence electrons. The molecule has 3 rings (SSSR count). The van der Waals surface area contributed by atoms with Gasteiger partial charge in [0.25, 0.3) is 11.1 Å². The van der Waals surface area contributed by atoms with Crippen molar-refractivity contribution in [1.29, 1.82) is 0 Å². The number of rotatable bonds is 6. The van der Waals surface area contributed by atoms with Crippen molar-refractivity contribution in [1.82, 2.24) is 4.90 Å². The van der Waals surface area contributed by atoms with E-state index in [4.69, 9.17) is 32.7 Å². The van der Waals surface area contributed by atoms with Crippen LogP contribution in [0.5, 0.6) is 5.75 Å². The maximum Gasteiger partial charge on any atom is 0.326 e. The average Bonchev–Trinajstić information content (AvgIpc) is 2.96. The van der Waals surface area contributed by atoms with Gasteiger partial charge in [0, 0.05) is 0 Å². The molecule has 0 aromatic heterocycles. The fourth-order valence-corrected chi connectivity index (χ4v) is 4.66. The van der Waals surface area contributed by atoms with Gasteiger partial charge in [0.05, 0.1) is 18.5 Å². The monoisotopic (exact) mass is 619 g/mol. The molecule has 6 nitrogen and oxygen atoms in total. The zero-order chi connectivity index (χ0) is 24.3. The Bertz CT molecular complexity index is 1150. The number of hydrogen-bond acceptors (Lipinski definition) is 6. The maximum absolute atomic E-state index is 12.6. The average molecular weight is 620 g/mol. The predicted octanol–water partition coefficient (Wildman–Crippen LogP) is 6.56. The van der Waals surface area contributed by atoms with E-state index in [2.05, 4.69) is 22.6 Å². The SMILES string of the molecule is CC(C)(C)OC(=O)CN1C(=O)SC(=Cc2ccc(OCc3ccc(Cl)c(Cl)c3)c(I)c2)C1=O. The van der Waals surface area contributed by atoms with Gasteiger partial charge in [0.1, 0.15) is 24.5 Å². The zero-order valence-electron chi connectivity index (χ0n) is 18.0. The van der Waals surface area contributed by atoms with E-state index in [1.54, 1.807) is 51.1 Å². The molecule has 0 bridgehead atoms. The van der Waals surface area contributed by atoms with E-state index < -0.39 is 29.3 Å². The smallest absolute Gasteiger partial charge is 0.326 e. The minimum Gasteiger partial charge on any atom is -0.488 e. The fraction of sp³-hybridized carbons (Fsp3) is 0.261. The number of halogens is 3. The van der Waals surface area contributed by atoms with Crippen LogP contribution in [0.2, 0.25) is 10.0 Å².